The Hall–Kier alpha value is -3.74. The van der Waals surface area contributed by atoms with Gasteiger partial charge in [0.15, 0.2) is 10.8 Å². The van der Waals surface area contributed by atoms with Crippen molar-refractivity contribution in [2.45, 2.75) is 32.2 Å². The molecule has 0 bridgehead atoms. The van der Waals surface area contributed by atoms with Gasteiger partial charge in [0.2, 0.25) is 0 Å². The number of alkyl halides is 6. The number of rotatable bonds is 5. The average Bonchev–Trinajstić information content (AvgIpc) is 3.36. The molecule has 4 rings (SSSR count). The van der Waals surface area contributed by atoms with E-state index in [1.807, 2.05) is 0 Å². The van der Waals surface area contributed by atoms with Gasteiger partial charge in [0.05, 0.1) is 16.7 Å². The second kappa shape index (κ2) is 9.86. The smallest absolute Gasteiger partial charge is 0.416 e. The summed E-state index contributed by atoms with van der Waals surface area (Å²) in [5.41, 5.74) is -4.21. The minimum Gasteiger partial charge on any atom is -0.478 e. The molecule has 0 saturated carbocycles. The van der Waals surface area contributed by atoms with Gasteiger partial charge in [-0.15, -0.1) is 11.3 Å². The highest BCUT2D eigenvalue weighted by Gasteiger charge is 2.39. The number of benzene rings is 2. The van der Waals surface area contributed by atoms with Crippen molar-refractivity contribution in [2.24, 2.45) is 4.99 Å². The molecule has 0 aliphatic carbocycles. The molecule has 3 aromatic rings. The number of amidine groups is 1. The predicted octanol–water partition coefficient (Wildman–Crippen LogP) is 7.17. The van der Waals surface area contributed by atoms with Crippen LogP contribution < -0.4 is 0 Å². The van der Waals surface area contributed by atoms with Crippen molar-refractivity contribution >= 4 is 23.1 Å². The third-order valence-corrected chi connectivity index (χ3v) is 6.72. The summed E-state index contributed by atoms with van der Waals surface area (Å²) in [6.45, 7) is 3.56. The number of thiazole rings is 1. The van der Waals surface area contributed by atoms with Crippen LogP contribution in [0.5, 0.6) is 0 Å². The second-order valence-electron chi connectivity index (χ2n) is 8.27. The zero-order chi connectivity index (χ0) is 28.0. The number of carboxylic acids is 1. The van der Waals surface area contributed by atoms with E-state index in [0.29, 0.717) is 23.7 Å². The maximum Gasteiger partial charge on any atom is 0.416 e. The number of hydrogen-bond donors (Lipinski definition) is 1. The van der Waals surface area contributed by atoms with Crippen molar-refractivity contribution in [2.75, 3.05) is 6.54 Å². The highest BCUT2D eigenvalue weighted by molar-refractivity contribution is 7.11. The van der Waals surface area contributed by atoms with E-state index in [0.717, 1.165) is 18.2 Å². The Bertz CT molecular complexity index is 1410. The number of nitrogens with zero attached hydrogens (tertiary/aromatic N) is 3. The van der Waals surface area contributed by atoms with Crippen LogP contribution in [0.3, 0.4) is 0 Å². The summed E-state index contributed by atoms with van der Waals surface area (Å²) in [6, 6.07) is 2.35. The maximum absolute atomic E-state index is 14.4. The Balaban J connectivity index is 2.02. The Kier molecular flexibility index (Phi) is 7.08. The lowest BCUT2D eigenvalue weighted by atomic mass is 9.88. The summed E-state index contributed by atoms with van der Waals surface area (Å²) in [6.07, 6.45) is -8.76. The van der Waals surface area contributed by atoms with Crippen LogP contribution in [0.4, 0.5) is 30.7 Å². The van der Waals surface area contributed by atoms with Gasteiger partial charge in [0, 0.05) is 23.8 Å². The molecule has 1 atom stereocenters. The molecule has 0 spiro atoms. The first kappa shape index (κ1) is 27.3. The Labute approximate surface area is 215 Å². The standard InChI is InChI=1S/C25H18F7N3O2S/c1-3-35-12(2)19(23(36)37)20(34-21(35)22-33-6-7-38-22)17-5-4-16(26)11-18(17)13-8-14(24(27,28)29)10-15(9-13)25(30,31)32/h4-11,20H,3H2,1-2H3,(H,36,37). The van der Waals surface area contributed by atoms with Crippen LogP contribution in [0.2, 0.25) is 0 Å². The van der Waals surface area contributed by atoms with Crippen molar-refractivity contribution in [1.29, 1.82) is 0 Å². The molecular weight excluding hydrogens is 539 g/mol. The molecule has 1 N–H and O–H groups in total. The van der Waals surface area contributed by atoms with Crippen molar-refractivity contribution in [3.63, 3.8) is 0 Å². The van der Waals surface area contributed by atoms with Crippen LogP contribution in [0.25, 0.3) is 11.1 Å². The van der Waals surface area contributed by atoms with Crippen LogP contribution in [0, 0.1) is 5.82 Å². The van der Waals surface area contributed by atoms with E-state index >= 15 is 0 Å². The summed E-state index contributed by atoms with van der Waals surface area (Å²) in [4.78, 5) is 22.7. The molecule has 1 aliphatic heterocycles. The van der Waals surface area contributed by atoms with E-state index in [1.54, 1.807) is 17.2 Å². The van der Waals surface area contributed by atoms with Crippen molar-refractivity contribution in [3.8, 4) is 11.1 Å². The fraction of sp³-hybridized carbons (Fsp3) is 0.240. The van der Waals surface area contributed by atoms with Gasteiger partial charge in [-0.25, -0.2) is 14.2 Å². The minimum atomic E-state index is -5.13. The van der Waals surface area contributed by atoms with Crippen molar-refractivity contribution in [3.05, 3.63) is 86.8 Å². The molecular formula is C25H18F7N3O2S. The molecule has 2 aromatic carbocycles. The van der Waals surface area contributed by atoms with Gasteiger partial charge in [-0.3, -0.25) is 4.99 Å². The molecule has 0 fully saturated rings. The lowest BCUT2D eigenvalue weighted by Crippen LogP contribution is -2.36. The van der Waals surface area contributed by atoms with Crippen molar-refractivity contribution in [1.82, 2.24) is 9.88 Å². The van der Waals surface area contributed by atoms with E-state index in [4.69, 9.17) is 0 Å². The number of allylic oxidation sites excluding steroid dienone is 1. The molecule has 1 aliphatic rings. The predicted molar refractivity (Wildman–Crippen MR) is 126 cm³/mol. The SMILES string of the molecule is CCN1C(c2nccs2)=NC(c2ccc(F)cc2-c2cc(C(F)(F)F)cc(C(F)(F)F)c2)C(C(=O)O)=C1C. The van der Waals surface area contributed by atoms with Crippen LogP contribution in [0.15, 0.2) is 64.2 Å². The largest absolute Gasteiger partial charge is 0.478 e. The normalized spacial score (nSPS) is 16.6. The van der Waals surface area contributed by atoms with E-state index < -0.39 is 46.9 Å². The van der Waals surface area contributed by atoms with Gasteiger partial charge in [-0.05, 0) is 60.9 Å². The van der Waals surface area contributed by atoms with Crippen LogP contribution in [0.1, 0.15) is 41.6 Å². The van der Waals surface area contributed by atoms with E-state index in [-0.39, 0.29) is 34.3 Å². The lowest BCUT2D eigenvalue weighted by molar-refractivity contribution is -0.143. The molecule has 0 amide bonds. The lowest BCUT2D eigenvalue weighted by Gasteiger charge is -2.33. The molecule has 1 aromatic heterocycles. The molecule has 0 radical (unpaired) electrons. The molecule has 2 heterocycles. The highest BCUT2D eigenvalue weighted by Crippen LogP contribution is 2.43. The summed E-state index contributed by atoms with van der Waals surface area (Å²) < 4.78 is 95.6. The molecule has 5 nitrogen and oxygen atoms in total. The minimum absolute atomic E-state index is 0.0341. The van der Waals surface area contributed by atoms with Gasteiger partial charge >= 0.3 is 18.3 Å². The maximum atomic E-state index is 14.4. The van der Waals surface area contributed by atoms with Gasteiger partial charge in [0.25, 0.3) is 0 Å². The third-order valence-electron chi connectivity index (χ3n) is 5.95. The van der Waals surface area contributed by atoms with Crippen LogP contribution >= 0.6 is 11.3 Å². The average molecular weight is 557 g/mol. The molecule has 13 heteroatoms. The fourth-order valence-corrected chi connectivity index (χ4v) is 4.91. The topological polar surface area (TPSA) is 65.8 Å². The summed E-state index contributed by atoms with van der Waals surface area (Å²) >= 11 is 1.21. The van der Waals surface area contributed by atoms with Gasteiger partial charge in [-0.1, -0.05) is 6.07 Å². The molecule has 38 heavy (non-hydrogen) atoms. The van der Waals surface area contributed by atoms with Crippen LogP contribution in [-0.2, 0) is 17.1 Å². The zero-order valence-corrected chi connectivity index (χ0v) is 20.5. The van der Waals surface area contributed by atoms with Gasteiger partial charge < -0.3 is 10.0 Å². The Morgan fingerprint density at radius 2 is 1.68 bits per heavy atom. The van der Waals surface area contributed by atoms with Gasteiger partial charge in [0.1, 0.15) is 11.9 Å². The van der Waals surface area contributed by atoms with Crippen molar-refractivity contribution < 1.29 is 40.6 Å². The summed E-state index contributed by atoms with van der Waals surface area (Å²) in [5.74, 6) is -2.07. The number of aliphatic carboxylic acids is 1. The van der Waals surface area contributed by atoms with E-state index in [2.05, 4.69) is 9.98 Å². The summed E-state index contributed by atoms with van der Waals surface area (Å²) in [7, 11) is 0. The number of hydrogen-bond acceptors (Lipinski definition) is 5. The first-order valence-electron chi connectivity index (χ1n) is 11.0. The molecule has 1 unspecified atom stereocenters. The number of aliphatic imine (C=N–C) groups is 1. The van der Waals surface area contributed by atoms with Gasteiger partial charge in [-0.2, -0.15) is 26.3 Å². The molecule has 200 valence electrons. The van der Waals surface area contributed by atoms with Crippen LogP contribution in [-0.4, -0.2) is 33.3 Å². The van der Waals surface area contributed by atoms with E-state index in [9.17, 15) is 40.6 Å². The Morgan fingerprint density at radius 1 is 1.05 bits per heavy atom. The third kappa shape index (κ3) is 5.15. The molecule has 0 saturated heterocycles. The number of halogens is 7. The quantitative estimate of drug-likeness (QED) is 0.338. The number of aromatic nitrogens is 1. The zero-order valence-electron chi connectivity index (χ0n) is 19.7. The second-order valence-corrected chi connectivity index (χ2v) is 9.16. The Morgan fingerprint density at radius 3 is 2.18 bits per heavy atom. The van der Waals surface area contributed by atoms with E-state index in [1.165, 1.54) is 24.5 Å². The summed E-state index contributed by atoms with van der Waals surface area (Å²) in [5, 5.41) is 12.1. The monoisotopic (exact) mass is 557 g/mol. The first-order chi connectivity index (χ1) is 17.7. The highest BCUT2D eigenvalue weighted by atomic mass is 32.1. The fourth-order valence-electron chi connectivity index (χ4n) is 4.27. The number of carboxylic acid groups (broad SMARTS) is 1. The first-order valence-corrected chi connectivity index (χ1v) is 11.9. The number of carbonyl (C=O) groups is 1.